The van der Waals surface area contributed by atoms with Crippen LogP contribution in [0.25, 0.3) is 0 Å². The molecule has 10 heavy (non-hydrogen) atoms. The predicted molar refractivity (Wildman–Crippen MR) is 23.2 cm³/mol. The van der Waals surface area contributed by atoms with Gasteiger partial charge in [0.05, 0.1) is 6.42 Å². The van der Waals surface area contributed by atoms with E-state index in [2.05, 4.69) is 0 Å². The lowest BCUT2D eigenvalue weighted by molar-refractivity contribution is -0.165. The van der Waals surface area contributed by atoms with Gasteiger partial charge in [0, 0.05) is 0 Å². The topological polar surface area (TPSA) is 37.3 Å². The molecule has 0 unspecified atom stereocenters. The predicted octanol–water partition coefficient (Wildman–Crippen LogP) is 1.36. The zero-order valence-electron chi connectivity index (χ0n) is 4.65. The maximum absolute atomic E-state index is 11.7. The largest absolute Gasteiger partial charge is 0.479 e. The van der Waals surface area contributed by atoms with Crippen molar-refractivity contribution in [1.29, 1.82) is 0 Å². The van der Waals surface area contributed by atoms with Gasteiger partial charge in [0.25, 0.3) is 0 Å². The molecule has 2 nitrogen and oxygen atoms in total. The van der Waals surface area contributed by atoms with Gasteiger partial charge < -0.3 is 5.11 Å². The van der Waals surface area contributed by atoms with Crippen molar-refractivity contribution in [2.45, 2.75) is 18.8 Å². The normalized spacial score (nSPS) is 14.8. The average molecular weight is 160 g/mol. The standard InChI is InChI=1S/C4H4F4O2/c5-2(3(9)10)1-4(6,7)8/h2H,1H2,(H,9,10)/t2-/m1/s1. The lowest BCUT2D eigenvalue weighted by atomic mass is 10.3. The molecule has 1 N–H and O–H groups in total. The number of hydrogen-bond donors (Lipinski definition) is 1. The number of carboxylic acid groups (broad SMARTS) is 1. The van der Waals surface area contributed by atoms with Crippen LogP contribution < -0.4 is 0 Å². The molecule has 0 aromatic rings. The van der Waals surface area contributed by atoms with Crippen molar-refractivity contribution in [1.82, 2.24) is 0 Å². The summed E-state index contributed by atoms with van der Waals surface area (Å²) in [5.41, 5.74) is 0. The summed E-state index contributed by atoms with van der Waals surface area (Å²) in [5, 5.41) is 7.67. The molecule has 60 valence electrons. The number of halogens is 4. The summed E-state index contributed by atoms with van der Waals surface area (Å²) in [6, 6.07) is 0. The molecule has 0 aliphatic heterocycles. The highest BCUT2D eigenvalue weighted by molar-refractivity contribution is 5.72. The Bertz CT molecular complexity index is 130. The highest BCUT2D eigenvalue weighted by Gasteiger charge is 2.35. The van der Waals surface area contributed by atoms with Crippen LogP contribution in [0.5, 0.6) is 0 Å². The van der Waals surface area contributed by atoms with E-state index in [1.807, 2.05) is 0 Å². The Hall–Kier alpha value is -0.810. The summed E-state index contributed by atoms with van der Waals surface area (Å²) < 4.78 is 45.2. The van der Waals surface area contributed by atoms with E-state index >= 15 is 0 Å². The Morgan fingerprint density at radius 1 is 1.50 bits per heavy atom. The summed E-state index contributed by atoms with van der Waals surface area (Å²) in [6.45, 7) is 0. The first-order chi connectivity index (χ1) is 4.33. The molecule has 0 aliphatic rings. The molecular formula is C4H4F4O2. The van der Waals surface area contributed by atoms with Gasteiger partial charge in [-0.25, -0.2) is 9.18 Å². The highest BCUT2D eigenvalue weighted by Crippen LogP contribution is 2.22. The smallest absolute Gasteiger partial charge is 0.392 e. The highest BCUT2D eigenvalue weighted by atomic mass is 19.4. The fraction of sp³-hybridized carbons (Fsp3) is 0.750. The van der Waals surface area contributed by atoms with Crippen LogP contribution in [0.3, 0.4) is 0 Å². The molecule has 6 heteroatoms. The van der Waals surface area contributed by atoms with E-state index in [1.54, 1.807) is 0 Å². The molecule has 0 spiro atoms. The van der Waals surface area contributed by atoms with E-state index in [1.165, 1.54) is 0 Å². The quantitative estimate of drug-likeness (QED) is 0.619. The number of hydrogen-bond acceptors (Lipinski definition) is 1. The van der Waals surface area contributed by atoms with Gasteiger partial charge in [-0.05, 0) is 0 Å². The fourth-order valence-electron chi connectivity index (χ4n) is 0.291. The van der Waals surface area contributed by atoms with Gasteiger partial charge in [-0.2, -0.15) is 13.2 Å². The Morgan fingerprint density at radius 2 is 1.90 bits per heavy atom. The molecule has 0 heterocycles. The monoisotopic (exact) mass is 160 g/mol. The third kappa shape index (κ3) is 4.11. The van der Waals surface area contributed by atoms with Crippen LogP contribution >= 0.6 is 0 Å². The van der Waals surface area contributed by atoms with Crippen LogP contribution in [0.15, 0.2) is 0 Å². The van der Waals surface area contributed by atoms with E-state index in [0.717, 1.165) is 0 Å². The third-order valence-corrected chi connectivity index (χ3v) is 0.679. The molecule has 0 bridgehead atoms. The van der Waals surface area contributed by atoms with Gasteiger partial charge in [0.15, 0.2) is 0 Å². The summed E-state index contributed by atoms with van der Waals surface area (Å²) in [7, 11) is 0. The van der Waals surface area contributed by atoms with Crippen LogP contribution in [0.1, 0.15) is 6.42 Å². The molecule has 0 radical (unpaired) electrons. The summed E-state index contributed by atoms with van der Waals surface area (Å²) >= 11 is 0. The number of aliphatic carboxylic acids is 1. The van der Waals surface area contributed by atoms with Crippen LogP contribution in [0.2, 0.25) is 0 Å². The molecule has 0 fully saturated rings. The van der Waals surface area contributed by atoms with Gasteiger partial charge in [-0.3, -0.25) is 0 Å². The second kappa shape index (κ2) is 2.85. The minimum absolute atomic E-state index is 1.93. The fourth-order valence-corrected chi connectivity index (χ4v) is 0.291. The van der Waals surface area contributed by atoms with Crippen molar-refractivity contribution in [3.05, 3.63) is 0 Å². The first-order valence-electron chi connectivity index (χ1n) is 2.26. The maximum atomic E-state index is 11.7. The van der Waals surface area contributed by atoms with Crippen molar-refractivity contribution in [2.75, 3.05) is 0 Å². The molecule has 0 rings (SSSR count). The molecule has 0 aromatic heterocycles. The van der Waals surface area contributed by atoms with Gasteiger partial charge in [-0.1, -0.05) is 0 Å². The second-order valence-corrected chi connectivity index (χ2v) is 1.63. The maximum Gasteiger partial charge on any atom is 0.392 e. The SMILES string of the molecule is O=C(O)[C@H](F)CC(F)(F)F. The number of carboxylic acids is 1. The zero-order valence-corrected chi connectivity index (χ0v) is 4.65. The minimum atomic E-state index is -4.75. The minimum Gasteiger partial charge on any atom is -0.479 e. The van der Waals surface area contributed by atoms with Gasteiger partial charge >= 0.3 is 12.1 Å². The summed E-state index contributed by atoms with van der Waals surface area (Å²) in [6.07, 6.45) is -9.53. The first-order valence-corrected chi connectivity index (χ1v) is 2.26. The van der Waals surface area contributed by atoms with E-state index in [4.69, 9.17) is 5.11 Å². The molecule has 0 saturated carbocycles. The molecule has 0 aliphatic carbocycles. The van der Waals surface area contributed by atoms with Crippen LogP contribution in [0.4, 0.5) is 17.6 Å². The van der Waals surface area contributed by atoms with E-state index < -0.39 is 24.7 Å². The molecule has 1 atom stereocenters. The Balaban J connectivity index is 3.80. The summed E-state index contributed by atoms with van der Waals surface area (Å²) in [5.74, 6) is -2.09. The van der Waals surface area contributed by atoms with Crippen molar-refractivity contribution in [3.8, 4) is 0 Å². The Labute approximate surface area is 53.5 Å². The number of rotatable bonds is 2. The first kappa shape index (κ1) is 9.19. The molecular weight excluding hydrogens is 156 g/mol. The van der Waals surface area contributed by atoms with Gasteiger partial charge in [0.2, 0.25) is 6.17 Å². The second-order valence-electron chi connectivity index (χ2n) is 1.63. The lowest BCUT2D eigenvalue weighted by Crippen LogP contribution is -2.23. The van der Waals surface area contributed by atoms with Crippen LogP contribution in [-0.4, -0.2) is 23.4 Å². The summed E-state index contributed by atoms with van der Waals surface area (Å²) in [4.78, 5) is 9.50. The zero-order chi connectivity index (χ0) is 8.36. The van der Waals surface area contributed by atoms with Crippen LogP contribution in [-0.2, 0) is 4.79 Å². The van der Waals surface area contributed by atoms with E-state index in [9.17, 15) is 22.4 Å². The Kier molecular flexibility index (Phi) is 2.62. The number of carbonyl (C=O) groups is 1. The van der Waals surface area contributed by atoms with Crippen molar-refractivity contribution >= 4 is 5.97 Å². The number of alkyl halides is 4. The van der Waals surface area contributed by atoms with E-state index in [0.29, 0.717) is 0 Å². The average Bonchev–Trinajstić information content (AvgIpc) is 1.60. The van der Waals surface area contributed by atoms with Crippen molar-refractivity contribution in [3.63, 3.8) is 0 Å². The molecule has 0 saturated heterocycles. The van der Waals surface area contributed by atoms with Crippen molar-refractivity contribution in [2.24, 2.45) is 0 Å². The molecule has 0 aromatic carbocycles. The van der Waals surface area contributed by atoms with Crippen molar-refractivity contribution < 1.29 is 27.5 Å². The van der Waals surface area contributed by atoms with Crippen LogP contribution in [0, 0.1) is 0 Å². The third-order valence-electron chi connectivity index (χ3n) is 0.679. The van der Waals surface area contributed by atoms with Gasteiger partial charge in [-0.15, -0.1) is 0 Å². The molecule has 0 amide bonds. The van der Waals surface area contributed by atoms with E-state index in [-0.39, 0.29) is 0 Å². The van der Waals surface area contributed by atoms with Gasteiger partial charge in [0.1, 0.15) is 0 Å². The Morgan fingerprint density at radius 3 is 2.00 bits per heavy atom. The lowest BCUT2D eigenvalue weighted by Gasteiger charge is -2.05.